The van der Waals surface area contributed by atoms with Crippen LogP contribution in [0.2, 0.25) is 0 Å². The van der Waals surface area contributed by atoms with E-state index in [4.69, 9.17) is 5.73 Å². The second-order valence-electron chi connectivity index (χ2n) is 6.70. The summed E-state index contributed by atoms with van der Waals surface area (Å²) in [6.45, 7) is 0.370. The number of carbonyl (C=O) groups excluding carboxylic acids is 3. The van der Waals surface area contributed by atoms with Crippen molar-refractivity contribution < 1.29 is 19.5 Å². The van der Waals surface area contributed by atoms with Gasteiger partial charge in [0.05, 0.1) is 6.42 Å². The molecule has 1 unspecified atom stereocenters. The van der Waals surface area contributed by atoms with Crippen LogP contribution in [-0.2, 0) is 27.2 Å². The lowest BCUT2D eigenvalue weighted by Crippen LogP contribution is -2.47. The van der Waals surface area contributed by atoms with Crippen LogP contribution in [0.25, 0.3) is 0 Å². The summed E-state index contributed by atoms with van der Waals surface area (Å²) in [5.41, 5.74) is 7.35. The molecular weight excluding hydrogens is 372 g/mol. The molecule has 2 aromatic rings. The lowest BCUT2D eigenvalue weighted by atomic mass is 10.1. The van der Waals surface area contributed by atoms with Crippen molar-refractivity contribution in [1.29, 1.82) is 0 Å². The topological polar surface area (TPSA) is 134 Å². The van der Waals surface area contributed by atoms with Gasteiger partial charge in [-0.3, -0.25) is 19.4 Å². The normalized spacial score (nSPS) is 11.4. The van der Waals surface area contributed by atoms with Crippen LogP contribution < -0.4 is 16.4 Å². The second-order valence-corrected chi connectivity index (χ2v) is 6.70. The van der Waals surface area contributed by atoms with Gasteiger partial charge in [-0.25, -0.2) is 0 Å². The number of phenols is 1. The Hall–Kier alpha value is -3.42. The summed E-state index contributed by atoms with van der Waals surface area (Å²) in [5.74, 6) is -1.26. The highest BCUT2D eigenvalue weighted by Crippen LogP contribution is 2.09. The first kappa shape index (κ1) is 21.9. The molecule has 8 heteroatoms. The van der Waals surface area contributed by atoms with E-state index in [1.165, 1.54) is 0 Å². The predicted molar refractivity (Wildman–Crippen MR) is 108 cm³/mol. The number of phenolic OH excluding ortho intramolecular Hbond substituents is 1. The summed E-state index contributed by atoms with van der Waals surface area (Å²) < 4.78 is 0. The van der Waals surface area contributed by atoms with Crippen molar-refractivity contribution in [3.8, 4) is 5.75 Å². The maximum atomic E-state index is 12.1. The van der Waals surface area contributed by atoms with Gasteiger partial charge in [-0.1, -0.05) is 12.1 Å². The standard InChI is InChI=1S/C21H26N4O4/c22-21(29)18(25-19(27)3-1-2-15-8-11-23-12-9-15)14-20(28)24-13-10-16-4-6-17(26)7-5-16/h4-9,11-12,18,26H,1-3,10,13-14H2,(H2,22,29)(H,24,28)(H,25,27). The Morgan fingerprint density at radius 2 is 1.62 bits per heavy atom. The van der Waals surface area contributed by atoms with Gasteiger partial charge in [-0.05, 0) is 54.7 Å². The number of pyridine rings is 1. The van der Waals surface area contributed by atoms with E-state index in [0.29, 0.717) is 19.4 Å². The number of rotatable bonds is 11. The number of nitrogens with zero attached hydrogens (tertiary/aromatic N) is 1. The summed E-state index contributed by atoms with van der Waals surface area (Å²) in [6, 6.07) is 9.39. The third kappa shape index (κ3) is 8.42. The first-order valence-electron chi connectivity index (χ1n) is 9.46. The zero-order valence-electron chi connectivity index (χ0n) is 16.1. The second kappa shape index (κ2) is 11.4. The summed E-state index contributed by atoms with van der Waals surface area (Å²) in [5, 5.41) is 14.5. The van der Waals surface area contributed by atoms with Crippen molar-refractivity contribution in [3.63, 3.8) is 0 Å². The molecule has 0 fully saturated rings. The molecule has 1 heterocycles. The molecule has 0 spiro atoms. The Labute approximate surface area is 169 Å². The number of amides is 3. The number of carbonyl (C=O) groups is 3. The van der Waals surface area contributed by atoms with Gasteiger partial charge in [0, 0.05) is 25.4 Å². The maximum Gasteiger partial charge on any atom is 0.240 e. The fraction of sp³-hybridized carbons (Fsp3) is 0.333. The van der Waals surface area contributed by atoms with E-state index in [-0.39, 0.29) is 30.4 Å². The van der Waals surface area contributed by atoms with Gasteiger partial charge >= 0.3 is 0 Å². The van der Waals surface area contributed by atoms with Crippen molar-refractivity contribution in [3.05, 3.63) is 59.9 Å². The summed E-state index contributed by atoms with van der Waals surface area (Å²) in [4.78, 5) is 39.7. The quantitative estimate of drug-likeness (QED) is 0.445. The predicted octanol–water partition coefficient (Wildman–Crippen LogP) is 0.829. The van der Waals surface area contributed by atoms with Gasteiger partial charge in [0.15, 0.2) is 0 Å². The Kier molecular flexibility index (Phi) is 8.62. The highest BCUT2D eigenvalue weighted by Gasteiger charge is 2.21. The molecule has 8 nitrogen and oxygen atoms in total. The van der Waals surface area contributed by atoms with Crippen molar-refractivity contribution in [1.82, 2.24) is 15.6 Å². The Balaban J connectivity index is 1.70. The molecule has 154 valence electrons. The SMILES string of the molecule is NC(=O)C(CC(=O)NCCc1ccc(O)cc1)NC(=O)CCCc1ccncc1. The minimum absolute atomic E-state index is 0.179. The molecule has 0 aliphatic rings. The first-order valence-corrected chi connectivity index (χ1v) is 9.46. The fourth-order valence-corrected chi connectivity index (χ4v) is 2.76. The Morgan fingerprint density at radius 3 is 2.28 bits per heavy atom. The number of hydrogen-bond acceptors (Lipinski definition) is 5. The van der Waals surface area contributed by atoms with E-state index < -0.39 is 11.9 Å². The maximum absolute atomic E-state index is 12.1. The van der Waals surface area contributed by atoms with E-state index >= 15 is 0 Å². The molecule has 1 aromatic heterocycles. The van der Waals surface area contributed by atoms with Crippen LogP contribution >= 0.6 is 0 Å². The van der Waals surface area contributed by atoms with Gasteiger partial charge in [-0.2, -0.15) is 0 Å². The molecule has 0 saturated heterocycles. The third-order valence-corrected chi connectivity index (χ3v) is 4.36. The minimum Gasteiger partial charge on any atom is -0.508 e. The molecule has 5 N–H and O–H groups in total. The van der Waals surface area contributed by atoms with Crippen molar-refractivity contribution in [2.75, 3.05) is 6.54 Å². The largest absolute Gasteiger partial charge is 0.508 e. The lowest BCUT2D eigenvalue weighted by Gasteiger charge is -2.15. The Bertz CT molecular complexity index is 809. The van der Waals surface area contributed by atoms with Gasteiger partial charge < -0.3 is 21.5 Å². The van der Waals surface area contributed by atoms with E-state index in [1.54, 1.807) is 36.7 Å². The van der Waals surface area contributed by atoms with Crippen LogP contribution in [0.5, 0.6) is 5.75 Å². The van der Waals surface area contributed by atoms with Crippen LogP contribution in [0, 0.1) is 0 Å². The molecule has 0 radical (unpaired) electrons. The average Bonchev–Trinajstić information content (AvgIpc) is 2.70. The average molecular weight is 398 g/mol. The van der Waals surface area contributed by atoms with Crippen LogP contribution in [0.1, 0.15) is 30.4 Å². The number of nitrogens with one attached hydrogen (secondary N) is 2. The zero-order chi connectivity index (χ0) is 21.1. The number of aromatic hydroxyl groups is 1. The minimum atomic E-state index is -1.04. The molecule has 0 aliphatic carbocycles. The molecule has 1 atom stereocenters. The van der Waals surface area contributed by atoms with Crippen LogP contribution in [0.4, 0.5) is 0 Å². The zero-order valence-corrected chi connectivity index (χ0v) is 16.1. The van der Waals surface area contributed by atoms with Gasteiger partial charge in [0.25, 0.3) is 0 Å². The smallest absolute Gasteiger partial charge is 0.240 e. The van der Waals surface area contributed by atoms with Gasteiger partial charge in [0.2, 0.25) is 17.7 Å². The summed E-state index contributed by atoms with van der Waals surface area (Å²) in [6.07, 6.45) is 5.32. The molecule has 1 aromatic carbocycles. The van der Waals surface area contributed by atoms with Crippen LogP contribution in [-0.4, -0.2) is 40.4 Å². The molecule has 3 amide bonds. The molecule has 29 heavy (non-hydrogen) atoms. The van der Waals surface area contributed by atoms with Crippen molar-refractivity contribution in [2.24, 2.45) is 5.73 Å². The highest BCUT2D eigenvalue weighted by atomic mass is 16.3. The summed E-state index contributed by atoms with van der Waals surface area (Å²) in [7, 11) is 0. The lowest BCUT2D eigenvalue weighted by molar-refractivity contribution is -0.130. The van der Waals surface area contributed by atoms with E-state index in [2.05, 4.69) is 15.6 Å². The number of hydrogen-bond donors (Lipinski definition) is 4. The van der Waals surface area contributed by atoms with Crippen LogP contribution in [0.15, 0.2) is 48.8 Å². The number of aryl methyl sites for hydroxylation is 1. The molecule has 2 rings (SSSR count). The van der Waals surface area contributed by atoms with E-state index in [1.807, 2.05) is 12.1 Å². The monoisotopic (exact) mass is 398 g/mol. The molecule has 0 bridgehead atoms. The van der Waals surface area contributed by atoms with Gasteiger partial charge in [-0.15, -0.1) is 0 Å². The third-order valence-electron chi connectivity index (χ3n) is 4.36. The van der Waals surface area contributed by atoms with Gasteiger partial charge in [0.1, 0.15) is 11.8 Å². The van der Waals surface area contributed by atoms with E-state index in [9.17, 15) is 19.5 Å². The Morgan fingerprint density at radius 1 is 0.966 bits per heavy atom. The number of benzene rings is 1. The molecule has 0 aliphatic heterocycles. The fourth-order valence-electron chi connectivity index (χ4n) is 2.76. The molecular formula is C21H26N4O4. The number of aromatic nitrogens is 1. The first-order chi connectivity index (χ1) is 13.9. The number of primary amides is 1. The number of nitrogens with two attached hydrogens (primary N) is 1. The van der Waals surface area contributed by atoms with Crippen molar-refractivity contribution in [2.45, 2.75) is 38.1 Å². The van der Waals surface area contributed by atoms with Crippen molar-refractivity contribution >= 4 is 17.7 Å². The summed E-state index contributed by atoms with van der Waals surface area (Å²) >= 11 is 0. The highest BCUT2D eigenvalue weighted by molar-refractivity contribution is 5.91. The van der Waals surface area contributed by atoms with Crippen LogP contribution in [0.3, 0.4) is 0 Å². The van der Waals surface area contributed by atoms with E-state index in [0.717, 1.165) is 17.5 Å². The molecule has 0 saturated carbocycles.